The first-order chi connectivity index (χ1) is 7.70. The van der Waals surface area contributed by atoms with E-state index in [9.17, 15) is 9.90 Å². The molecule has 0 aromatic heterocycles. The largest absolute Gasteiger partial charge is 0.478 e. The van der Waals surface area contributed by atoms with Crippen LogP contribution in [0.1, 0.15) is 10.4 Å². The van der Waals surface area contributed by atoms with Crippen LogP contribution in [0.25, 0.3) is 0 Å². The van der Waals surface area contributed by atoms with Crippen LogP contribution in [0.4, 0.5) is 0 Å². The zero-order valence-corrected chi connectivity index (χ0v) is 10.9. The molecule has 0 atom stereocenters. The molecule has 16 heavy (non-hydrogen) atoms. The van der Waals surface area contributed by atoms with Crippen LogP contribution in [0.15, 0.2) is 28.0 Å². The van der Waals surface area contributed by atoms with Gasteiger partial charge in [-0.1, -0.05) is 6.07 Å². The van der Waals surface area contributed by atoms with Gasteiger partial charge in [0.1, 0.15) is 0 Å². The lowest BCUT2D eigenvalue weighted by molar-refractivity contribution is 0.0689. The number of thioether (sulfide) groups is 2. The standard InChI is InChI=1S/C11H14O3S2/c1-14-6-7-16-9-5-3-4-8(15-2)10(9)11(12)13/h3-5H,6-7H2,1-2H3,(H,12,13). The molecule has 0 bridgehead atoms. The van der Waals surface area contributed by atoms with Gasteiger partial charge in [-0.25, -0.2) is 4.79 Å². The van der Waals surface area contributed by atoms with Gasteiger partial charge < -0.3 is 9.84 Å². The minimum atomic E-state index is -0.870. The zero-order chi connectivity index (χ0) is 12.0. The maximum Gasteiger partial charge on any atom is 0.337 e. The fourth-order valence-electron chi connectivity index (χ4n) is 1.25. The summed E-state index contributed by atoms with van der Waals surface area (Å²) in [5.41, 5.74) is 0.399. The molecular weight excluding hydrogens is 244 g/mol. The van der Waals surface area contributed by atoms with E-state index in [0.29, 0.717) is 12.2 Å². The number of methoxy groups -OCH3 is 1. The summed E-state index contributed by atoms with van der Waals surface area (Å²) in [5.74, 6) is -0.112. The van der Waals surface area contributed by atoms with E-state index in [-0.39, 0.29) is 0 Å². The van der Waals surface area contributed by atoms with Gasteiger partial charge in [-0.2, -0.15) is 0 Å². The SMILES string of the molecule is COCCSc1cccc(SC)c1C(=O)O. The first-order valence-electron chi connectivity index (χ1n) is 4.72. The highest BCUT2D eigenvalue weighted by Gasteiger charge is 2.14. The maximum absolute atomic E-state index is 11.2. The van der Waals surface area contributed by atoms with Crippen molar-refractivity contribution < 1.29 is 14.6 Å². The highest BCUT2D eigenvalue weighted by atomic mass is 32.2. The lowest BCUT2D eigenvalue weighted by Crippen LogP contribution is -2.02. The van der Waals surface area contributed by atoms with Crippen molar-refractivity contribution in [3.05, 3.63) is 23.8 Å². The number of hydrogen-bond acceptors (Lipinski definition) is 4. The molecule has 0 aliphatic carbocycles. The van der Waals surface area contributed by atoms with Crippen LogP contribution in [0.5, 0.6) is 0 Å². The van der Waals surface area contributed by atoms with Crippen LogP contribution in [0, 0.1) is 0 Å². The Morgan fingerprint density at radius 2 is 2.12 bits per heavy atom. The van der Waals surface area contributed by atoms with E-state index in [1.165, 1.54) is 23.5 Å². The van der Waals surface area contributed by atoms with Crippen molar-refractivity contribution in [2.75, 3.05) is 25.7 Å². The smallest absolute Gasteiger partial charge is 0.337 e. The molecule has 88 valence electrons. The molecule has 0 heterocycles. The Kier molecular flexibility index (Phi) is 5.73. The molecule has 5 heteroatoms. The van der Waals surface area contributed by atoms with Crippen LogP contribution in [0.3, 0.4) is 0 Å². The maximum atomic E-state index is 11.2. The Labute approximate surface area is 104 Å². The third kappa shape index (κ3) is 3.43. The van der Waals surface area contributed by atoms with Crippen molar-refractivity contribution in [2.24, 2.45) is 0 Å². The van der Waals surface area contributed by atoms with E-state index in [1.807, 2.05) is 24.5 Å². The van der Waals surface area contributed by atoms with Crippen LogP contribution >= 0.6 is 23.5 Å². The molecule has 0 saturated heterocycles. The van der Waals surface area contributed by atoms with E-state index in [0.717, 1.165) is 15.5 Å². The van der Waals surface area contributed by atoms with Gasteiger partial charge in [-0.05, 0) is 18.4 Å². The van der Waals surface area contributed by atoms with Gasteiger partial charge in [0.2, 0.25) is 0 Å². The van der Waals surface area contributed by atoms with Gasteiger partial charge in [-0.3, -0.25) is 0 Å². The van der Waals surface area contributed by atoms with Crippen molar-refractivity contribution in [1.82, 2.24) is 0 Å². The highest BCUT2D eigenvalue weighted by Crippen LogP contribution is 2.30. The summed E-state index contributed by atoms with van der Waals surface area (Å²) in [4.78, 5) is 12.8. The Hall–Kier alpha value is -0.650. The summed E-state index contributed by atoms with van der Waals surface area (Å²) in [6, 6.07) is 5.55. The molecule has 0 saturated carbocycles. The number of carboxylic acids is 1. The van der Waals surface area contributed by atoms with E-state index >= 15 is 0 Å². The molecule has 0 spiro atoms. The fraction of sp³-hybridized carbons (Fsp3) is 0.364. The van der Waals surface area contributed by atoms with E-state index < -0.39 is 5.97 Å². The summed E-state index contributed by atoms with van der Waals surface area (Å²) in [6.07, 6.45) is 1.88. The van der Waals surface area contributed by atoms with Crippen LogP contribution in [0.2, 0.25) is 0 Å². The number of carbonyl (C=O) groups is 1. The number of ether oxygens (including phenoxy) is 1. The monoisotopic (exact) mass is 258 g/mol. The molecule has 0 amide bonds. The first-order valence-corrected chi connectivity index (χ1v) is 6.93. The minimum Gasteiger partial charge on any atom is -0.478 e. The Morgan fingerprint density at radius 1 is 1.44 bits per heavy atom. The van der Waals surface area contributed by atoms with Gasteiger partial charge in [-0.15, -0.1) is 23.5 Å². The van der Waals surface area contributed by atoms with Crippen molar-refractivity contribution in [3.63, 3.8) is 0 Å². The molecule has 3 nitrogen and oxygen atoms in total. The zero-order valence-electron chi connectivity index (χ0n) is 9.23. The normalized spacial score (nSPS) is 10.4. The van der Waals surface area contributed by atoms with E-state index in [2.05, 4.69) is 0 Å². The lowest BCUT2D eigenvalue weighted by Gasteiger charge is -2.09. The number of rotatable bonds is 6. The highest BCUT2D eigenvalue weighted by molar-refractivity contribution is 8.00. The minimum absolute atomic E-state index is 0.399. The summed E-state index contributed by atoms with van der Waals surface area (Å²) < 4.78 is 4.95. The van der Waals surface area contributed by atoms with E-state index in [1.54, 1.807) is 7.11 Å². The Morgan fingerprint density at radius 3 is 2.69 bits per heavy atom. The summed E-state index contributed by atoms with van der Waals surface area (Å²) in [6.45, 7) is 0.618. The van der Waals surface area contributed by atoms with Gasteiger partial charge in [0.15, 0.2) is 0 Å². The average molecular weight is 258 g/mol. The third-order valence-electron chi connectivity index (χ3n) is 1.97. The number of benzene rings is 1. The van der Waals surface area contributed by atoms with Crippen LogP contribution in [-0.4, -0.2) is 36.8 Å². The van der Waals surface area contributed by atoms with Crippen LogP contribution < -0.4 is 0 Å². The van der Waals surface area contributed by atoms with Crippen molar-refractivity contribution in [1.29, 1.82) is 0 Å². The third-order valence-corrected chi connectivity index (χ3v) is 3.77. The molecule has 1 aromatic rings. The number of carboxylic acid groups (broad SMARTS) is 1. The molecule has 0 radical (unpaired) electrons. The van der Waals surface area contributed by atoms with Gasteiger partial charge in [0.05, 0.1) is 12.2 Å². The molecule has 0 aliphatic rings. The van der Waals surface area contributed by atoms with Gasteiger partial charge in [0, 0.05) is 22.7 Å². The van der Waals surface area contributed by atoms with Crippen LogP contribution in [-0.2, 0) is 4.74 Å². The molecular formula is C11H14O3S2. The molecule has 0 unspecified atom stereocenters. The lowest BCUT2D eigenvalue weighted by atomic mass is 10.2. The second kappa shape index (κ2) is 6.83. The number of hydrogen-bond donors (Lipinski definition) is 1. The van der Waals surface area contributed by atoms with E-state index in [4.69, 9.17) is 4.74 Å². The molecule has 1 aromatic carbocycles. The average Bonchev–Trinajstić information content (AvgIpc) is 2.28. The Bertz CT molecular complexity index is 366. The first kappa shape index (κ1) is 13.4. The van der Waals surface area contributed by atoms with Crippen molar-refractivity contribution >= 4 is 29.5 Å². The quantitative estimate of drug-likeness (QED) is 0.628. The second-order valence-corrected chi connectivity index (χ2v) is 4.96. The summed E-state index contributed by atoms with van der Waals surface area (Å²) in [7, 11) is 1.64. The molecule has 1 N–H and O–H groups in total. The van der Waals surface area contributed by atoms with Gasteiger partial charge >= 0.3 is 5.97 Å². The van der Waals surface area contributed by atoms with Gasteiger partial charge in [0.25, 0.3) is 0 Å². The summed E-state index contributed by atoms with van der Waals surface area (Å²) >= 11 is 2.96. The fourth-order valence-corrected chi connectivity index (χ4v) is 2.91. The molecule has 0 fully saturated rings. The number of aromatic carboxylic acids is 1. The second-order valence-electron chi connectivity index (χ2n) is 2.98. The van der Waals surface area contributed by atoms with Crippen molar-refractivity contribution in [3.8, 4) is 0 Å². The predicted molar refractivity (Wildman–Crippen MR) is 67.8 cm³/mol. The topological polar surface area (TPSA) is 46.5 Å². The summed E-state index contributed by atoms with van der Waals surface area (Å²) in [5, 5.41) is 9.18. The Balaban J connectivity index is 2.93. The van der Waals surface area contributed by atoms with Crippen molar-refractivity contribution in [2.45, 2.75) is 9.79 Å². The molecule has 1 rings (SSSR count). The predicted octanol–water partition coefficient (Wildman–Crippen LogP) is 2.85. The molecule has 0 aliphatic heterocycles.